The summed E-state index contributed by atoms with van der Waals surface area (Å²) in [6.07, 6.45) is 0.598. The van der Waals surface area contributed by atoms with Gasteiger partial charge >= 0.3 is 5.97 Å². The third-order valence-electron chi connectivity index (χ3n) is 3.33. The number of hydrogen-bond donors (Lipinski definition) is 1. The van der Waals surface area contributed by atoms with Crippen LogP contribution in [0.5, 0.6) is 0 Å². The summed E-state index contributed by atoms with van der Waals surface area (Å²) in [5.41, 5.74) is 1.52. The van der Waals surface area contributed by atoms with Gasteiger partial charge in [-0.3, -0.25) is 0 Å². The molecule has 21 heavy (non-hydrogen) atoms. The summed E-state index contributed by atoms with van der Waals surface area (Å²) in [6, 6.07) is 5.15. The Morgan fingerprint density at radius 1 is 1.33 bits per heavy atom. The smallest absolute Gasteiger partial charge is 0.337 e. The van der Waals surface area contributed by atoms with E-state index in [0.717, 1.165) is 11.3 Å². The molecule has 7 nitrogen and oxygen atoms in total. The Kier molecular flexibility index (Phi) is 3.17. The molecule has 2 heterocycles. The largest absolute Gasteiger partial charge is 0.478 e. The minimum Gasteiger partial charge on any atom is -0.478 e. The zero-order chi connectivity index (χ0) is 15.0. The van der Waals surface area contributed by atoms with E-state index in [0.29, 0.717) is 30.2 Å². The van der Waals surface area contributed by atoms with Crippen molar-refractivity contribution in [3.63, 3.8) is 0 Å². The SMILES string of the molecule is Cc1nc(CCn2c(C)nc3c(C(=O)O)cccc32)no1. The summed E-state index contributed by atoms with van der Waals surface area (Å²) in [4.78, 5) is 19.8. The molecule has 2 aromatic heterocycles. The Hall–Kier alpha value is -2.70. The molecule has 3 aromatic rings. The van der Waals surface area contributed by atoms with Gasteiger partial charge in [0.25, 0.3) is 0 Å². The summed E-state index contributed by atoms with van der Waals surface area (Å²) in [6.45, 7) is 4.21. The van der Waals surface area contributed by atoms with Crippen molar-refractivity contribution < 1.29 is 14.4 Å². The molecule has 0 radical (unpaired) electrons. The maximum atomic E-state index is 11.2. The van der Waals surface area contributed by atoms with Crippen LogP contribution < -0.4 is 0 Å². The predicted molar refractivity (Wildman–Crippen MR) is 74.2 cm³/mol. The van der Waals surface area contributed by atoms with E-state index in [2.05, 4.69) is 15.1 Å². The molecule has 108 valence electrons. The van der Waals surface area contributed by atoms with Crippen molar-refractivity contribution in [1.82, 2.24) is 19.7 Å². The fraction of sp³-hybridized carbons (Fsp3) is 0.286. The zero-order valence-electron chi connectivity index (χ0n) is 11.7. The molecule has 0 fully saturated rings. The summed E-state index contributed by atoms with van der Waals surface area (Å²) < 4.78 is 6.90. The van der Waals surface area contributed by atoms with Crippen LogP contribution in [0, 0.1) is 13.8 Å². The van der Waals surface area contributed by atoms with Crippen molar-refractivity contribution >= 4 is 17.0 Å². The van der Waals surface area contributed by atoms with Gasteiger partial charge in [-0.15, -0.1) is 0 Å². The van der Waals surface area contributed by atoms with E-state index in [9.17, 15) is 9.90 Å². The molecule has 0 aliphatic heterocycles. The molecule has 3 rings (SSSR count). The van der Waals surface area contributed by atoms with E-state index in [1.54, 1.807) is 19.1 Å². The summed E-state index contributed by atoms with van der Waals surface area (Å²) in [5.74, 6) is 0.950. The van der Waals surface area contributed by atoms with Gasteiger partial charge in [-0.05, 0) is 19.1 Å². The molecule has 1 N–H and O–H groups in total. The maximum Gasteiger partial charge on any atom is 0.337 e. The second kappa shape index (κ2) is 5.01. The molecule has 0 spiro atoms. The van der Waals surface area contributed by atoms with E-state index in [1.807, 2.05) is 17.6 Å². The number of benzene rings is 1. The van der Waals surface area contributed by atoms with Crippen LogP contribution >= 0.6 is 0 Å². The second-order valence-electron chi connectivity index (χ2n) is 4.77. The fourth-order valence-corrected chi connectivity index (χ4v) is 2.37. The van der Waals surface area contributed by atoms with Gasteiger partial charge in [-0.1, -0.05) is 11.2 Å². The van der Waals surface area contributed by atoms with Crippen molar-refractivity contribution in [1.29, 1.82) is 0 Å². The van der Waals surface area contributed by atoms with Crippen molar-refractivity contribution in [2.45, 2.75) is 26.8 Å². The summed E-state index contributed by atoms with van der Waals surface area (Å²) in [7, 11) is 0. The third-order valence-corrected chi connectivity index (χ3v) is 3.33. The Morgan fingerprint density at radius 2 is 2.14 bits per heavy atom. The number of para-hydroxylation sites is 1. The first kappa shape index (κ1) is 13.3. The first-order valence-corrected chi connectivity index (χ1v) is 6.54. The summed E-state index contributed by atoms with van der Waals surface area (Å²) >= 11 is 0. The van der Waals surface area contributed by atoms with E-state index < -0.39 is 5.97 Å². The van der Waals surface area contributed by atoms with Gasteiger partial charge in [0.2, 0.25) is 5.89 Å². The molecule has 0 amide bonds. The Morgan fingerprint density at radius 3 is 2.81 bits per heavy atom. The van der Waals surface area contributed by atoms with Crippen LogP contribution in [0.2, 0.25) is 0 Å². The number of aryl methyl sites for hydroxylation is 4. The Labute approximate surface area is 120 Å². The molecule has 0 bridgehead atoms. The van der Waals surface area contributed by atoms with Crippen LogP contribution in [0.3, 0.4) is 0 Å². The molecular formula is C14H14N4O3. The van der Waals surface area contributed by atoms with Crippen molar-refractivity contribution in [3.05, 3.63) is 41.3 Å². The van der Waals surface area contributed by atoms with Gasteiger partial charge in [0.05, 0.1) is 11.1 Å². The van der Waals surface area contributed by atoms with Crippen LogP contribution in [0.25, 0.3) is 11.0 Å². The highest BCUT2D eigenvalue weighted by Gasteiger charge is 2.15. The van der Waals surface area contributed by atoms with Gasteiger partial charge in [-0.2, -0.15) is 4.98 Å². The van der Waals surface area contributed by atoms with Crippen molar-refractivity contribution in [3.8, 4) is 0 Å². The first-order chi connectivity index (χ1) is 10.1. The van der Waals surface area contributed by atoms with Gasteiger partial charge in [-0.25, -0.2) is 9.78 Å². The summed E-state index contributed by atoms with van der Waals surface area (Å²) in [5, 5.41) is 13.1. The molecule has 0 atom stereocenters. The topological polar surface area (TPSA) is 94.0 Å². The van der Waals surface area contributed by atoms with Crippen molar-refractivity contribution in [2.24, 2.45) is 0 Å². The van der Waals surface area contributed by atoms with E-state index in [1.165, 1.54) is 0 Å². The molecule has 0 saturated carbocycles. The highest BCUT2D eigenvalue weighted by Crippen LogP contribution is 2.20. The fourth-order valence-electron chi connectivity index (χ4n) is 2.37. The minimum absolute atomic E-state index is 0.213. The van der Waals surface area contributed by atoms with Crippen LogP contribution in [0.15, 0.2) is 22.7 Å². The number of carboxylic acids is 1. The molecule has 1 aromatic carbocycles. The van der Waals surface area contributed by atoms with E-state index >= 15 is 0 Å². The minimum atomic E-state index is -0.973. The van der Waals surface area contributed by atoms with Crippen molar-refractivity contribution in [2.75, 3.05) is 0 Å². The first-order valence-electron chi connectivity index (χ1n) is 6.54. The number of carbonyl (C=O) groups is 1. The number of hydrogen-bond acceptors (Lipinski definition) is 5. The zero-order valence-corrected chi connectivity index (χ0v) is 11.7. The van der Waals surface area contributed by atoms with Crippen LogP contribution in [0.4, 0.5) is 0 Å². The number of nitrogens with zero attached hydrogens (tertiary/aromatic N) is 4. The lowest BCUT2D eigenvalue weighted by atomic mass is 10.2. The van der Waals surface area contributed by atoms with Gasteiger partial charge < -0.3 is 14.2 Å². The lowest BCUT2D eigenvalue weighted by Gasteiger charge is -2.04. The van der Waals surface area contributed by atoms with Crippen LogP contribution in [-0.4, -0.2) is 30.8 Å². The average Bonchev–Trinajstić information content (AvgIpc) is 2.98. The number of aromatic carboxylic acids is 1. The standard InChI is InChI=1S/C14H14N4O3/c1-8-15-13-10(14(19)20)4-3-5-11(13)18(8)7-6-12-16-9(2)21-17-12/h3-5H,6-7H2,1-2H3,(H,19,20). The number of fused-ring (bicyclic) bond motifs is 1. The molecular weight excluding hydrogens is 272 g/mol. The highest BCUT2D eigenvalue weighted by molar-refractivity contribution is 6.01. The van der Waals surface area contributed by atoms with E-state index in [4.69, 9.17) is 4.52 Å². The van der Waals surface area contributed by atoms with Gasteiger partial charge in [0.1, 0.15) is 11.3 Å². The number of rotatable bonds is 4. The highest BCUT2D eigenvalue weighted by atomic mass is 16.5. The lowest BCUT2D eigenvalue weighted by Crippen LogP contribution is -2.04. The number of imidazole rings is 1. The molecule has 0 unspecified atom stereocenters. The molecule has 7 heteroatoms. The van der Waals surface area contributed by atoms with Gasteiger partial charge in [0, 0.05) is 19.9 Å². The average molecular weight is 286 g/mol. The monoisotopic (exact) mass is 286 g/mol. The second-order valence-corrected chi connectivity index (χ2v) is 4.77. The van der Waals surface area contributed by atoms with Crippen LogP contribution in [0.1, 0.15) is 27.9 Å². The maximum absolute atomic E-state index is 11.2. The van der Waals surface area contributed by atoms with Gasteiger partial charge in [0.15, 0.2) is 5.82 Å². The quantitative estimate of drug-likeness (QED) is 0.788. The van der Waals surface area contributed by atoms with E-state index in [-0.39, 0.29) is 5.56 Å². The normalized spacial score (nSPS) is 11.1. The third kappa shape index (κ3) is 2.37. The molecule has 0 aliphatic rings. The molecule has 0 aliphatic carbocycles. The lowest BCUT2D eigenvalue weighted by molar-refractivity contribution is 0.0699. The number of carboxylic acid groups (broad SMARTS) is 1. The Balaban J connectivity index is 1.97. The molecule has 0 saturated heterocycles. The number of aromatic nitrogens is 4. The predicted octanol–water partition coefficient (Wildman–Crippen LogP) is 1.98. The van der Waals surface area contributed by atoms with Crippen LogP contribution in [-0.2, 0) is 13.0 Å². The Bertz CT molecular complexity index is 819.